The van der Waals surface area contributed by atoms with Crippen LogP contribution in [0.4, 0.5) is 0 Å². The van der Waals surface area contributed by atoms with E-state index in [1.165, 1.54) is 0 Å². The summed E-state index contributed by atoms with van der Waals surface area (Å²) in [6.07, 6.45) is 3.58. The van der Waals surface area contributed by atoms with Crippen molar-refractivity contribution in [2.45, 2.75) is 58.6 Å². The van der Waals surface area contributed by atoms with Crippen LogP contribution in [0.5, 0.6) is 0 Å². The van der Waals surface area contributed by atoms with E-state index < -0.39 is 12.1 Å². The molecule has 0 heterocycles. The van der Waals surface area contributed by atoms with Gasteiger partial charge in [-0.3, -0.25) is 4.79 Å². The number of hydrogen-bond donors (Lipinski definition) is 1. The van der Waals surface area contributed by atoms with Crippen LogP contribution in [0, 0.1) is 13.8 Å². The summed E-state index contributed by atoms with van der Waals surface area (Å²) in [5.74, 6) is -0.657. The number of rotatable bonds is 4. The molecule has 1 aliphatic rings. The van der Waals surface area contributed by atoms with E-state index in [9.17, 15) is 9.59 Å². The van der Waals surface area contributed by atoms with Gasteiger partial charge < -0.3 is 10.1 Å². The minimum atomic E-state index is -0.765. The van der Waals surface area contributed by atoms with Gasteiger partial charge in [-0.25, -0.2) is 4.79 Å². The van der Waals surface area contributed by atoms with Gasteiger partial charge in [-0.1, -0.05) is 30.0 Å². The molecule has 114 valence electrons. The molecule has 1 aromatic carbocycles. The van der Waals surface area contributed by atoms with E-state index >= 15 is 0 Å². The number of carbonyl (C=O) groups excluding carboxylic acids is 2. The Labute approximate surface area is 125 Å². The number of ether oxygens (including phenoxy) is 1. The van der Waals surface area contributed by atoms with Crippen LogP contribution < -0.4 is 5.32 Å². The molecular formula is C17H23NO3. The highest BCUT2D eigenvalue weighted by molar-refractivity contribution is 5.92. The lowest BCUT2D eigenvalue weighted by atomic mass is 10.1. The molecule has 1 aliphatic carbocycles. The molecule has 1 saturated carbocycles. The third-order valence-electron chi connectivity index (χ3n) is 3.81. The van der Waals surface area contributed by atoms with Crippen LogP contribution in [-0.2, 0) is 9.53 Å². The first-order valence-corrected chi connectivity index (χ1v) is 7.55. The van der Waals surface area contributed by atoms with Crippen molar-refractivity contribution >= 4 is 11.9 Å². The molecule has 21 heavy (non-hydrogen) atoms. The average Bonchev–Trinajstić information content (AvgIpc) is 2.90. The fourth-order valence-electron chi connectivity index (χ4n) is 2.76. The van der Waals surface area contributed by atoms with E-state index in [0.717, 1.165) is 36.8 Å². The zero-order chi connectivity index (χ0) is 15.4. The van der Waals surface area contributed by atoms with E-state index in [1.807, 2.05) is 19.9 Å². The third-order valence-corrected chi connectivity index (χ3v) is 3.81. The van der Waals surface area contributed by atoms with Gasteiger partial charge in [-0.05, 0) is 45.7 Å². The van der Waals surface area contributed by atoms with Crippen LogP contribution in [0.25, 0.3) is 0 Å². The second-order valence-electron chi connectivity index (χ2n) is 5.91. The average molecular weight is 289 g/mol. The van der Waals surface area contributed by atoms with Gasteiger partial charge in [0.1, 0.15) is 0 Å². The molecule has 0 saturated heterocycles. The Hall–Kier alpha value is -1.84. The van der Waals surface area contributed by atoms with Crippen LogP contribution in [0.1, 0.15) is 54.1 Å². The van der Waals surface area contributed by atoms with Gasteiger partial charge in [-0.2, -0.15) is 0 Å². The van der Waals surface area contributed by atoms with Crippen molar-refractivity contribution in [1.82, 2.24) is 5.32 Å². The first-order chi connectivity index (χ1) is 9.95. The summed E-state index contributed by atoms with van der Waals surface area (Å²) >= 11 is 0. The minimum Gasteiger partial charge on any atom is -0.449 e. The Morgan fingerprint density at radius 2 is 1.71 bits per heavy atom. The zero-order valence-corrected chi connectivity index (χ0v) is 12.9. The lowest BCUT2D eigenvalue weighted by molar-refractivity contribution is -0.129. The lowest BCUT2D eigenvalue weighted by Gasteiger charge is -2.17. The highest BCUT2D eigenvalue weighted by atomic mass is 16.5. The van der Waals surface area contributed by atoms with Gasteiger partial charge in [0.05, 0.1) is 5.56 Å². The molecule has 2 rings (SSSR count). The van der Waals surface area contributed by atoms with Crippen LogP contribution in [0.2, 0.25) is 0 Å². The van der Waals surface area contributed by atoms with Crippen molar-refractivity contribution in [3.8, 4) is 0 Å². The molecule has 1 N–H and O–H groups in total. The molecule has 1 unspecified atom stereocenters. The molecule has 4 nitrogen and oxygen atoms in total. The maximum atomic E-state index is 12.1. The predicted octanol–water partition coefficient (Wildman–Crippen LogP) is 2.91. The molecule has 0 bridgehead atoms. The highest BCUT2D eigenvalue weighted by Gasteiger charge is 2.23. The molecule has 4 heteroatoms. The Bertz CT molecular complexity index is 513. The fraction of sp³-hybridized carbons (Fsp3) is 0.529. The summed E-state index contributed by atoms with van der Waals surface area (Å²) in [4.78, 5) is 24.1. The topological polar surface area (TPSA) is 55.4 Å². The first-order valence-electron chi connectivity index (χ1n) is 7.55. The van der Waals surface area contributed by atoms with Gasteiger partial charge in [0.2, 0.25) is 0 Å². The largest absolute Gasteiger partial charge is 0.449 e. The van der Waals surface area contributed by atoms with Gasteiger partial charge in [0, 0.05) is 6.04 Å². The number of hydrogen-bond acceptors (Lipinski definition) is 3. The summed E-state index contributed by atoms with van der Waals surface area (Å²) in [6.45, 7) is 5.48. The molecule has 1 amide bonds. The van der Waals surface area contributed by atoms with E-state index in [-0.39, 0.29) is 11.9 Å². The van der Waals surface area contributed by atoms with Crippen LogP contribution in [0.3, 0.4) is 0 Å². The molecule has 0 aliphatic heterocycles. The van der Waals surface area contributed by atoms with Gasteiger partial charge in [0.15, 0.2) is 6.10 Å². The Morgan fingerprint density at radius 1 is 1.14 bits per heavy atom. The van der Waals surface area contributed by atoms with Crippen LogP contribution in [-0.4, -0.2) is 24.0 Å². The number of amides is 1. The second-order valence-corrected chi connectivity index (χ2v) is 5.91. The van der Waals surface area contributed by atoms with Gasteiger partial charge in [-0.15, -0.1) is 0 Å². The summed E-state index contributed by atoms with van der Waals surface area (Å²) in [6, 6.07) is 5.78. The third kappa shape index (κ3) is 4.31. The lowest BCUT2D eigenvalue weighted by Crippen LogP contribution is -2.40. The monoisotopic (exact) mass is 289 g/mol. The Balaban J connectivity index is 1.93. The van der Waals surface area contributed by atoms with Crippen LogP contribution >= 0.6 is 0 Å². The minimum absolute atomic E-state index is 0.209. The van der Waals surface area contributed by atoms with Crippen molar-refractivity contribution in [3.05, 3.63) is 34.9 Å². The maximum absolute atomic E-state index is 12.1. The van der Waals surface area contributed by atoms with Gasteiger partial charge >= 0.3 is 5.97 Å². The number of aryl methyl sites for hydroxylation is 2. The van der Waals surface area contributed by atoms with Crippen molar-refractivity contribution in [2.75, 3.05) is 0 Å². The van der Waals surface area contributed by atoms with Crippen molar-refractivity contribution in [2.24, 2.45) is 0 Å². The zero-order valence-electron chi connectivity index (χ0n) is 12.9. The Morgan fingerprint density at radius 3 is 2.29 bits per heavy atom. The molecular weight excluding hydrogens is 266 g/mol. The standard InChI is InChI=1S/C17H23NO3/c1-11-8-12(2)10-14(9-11)17(20)21-13(3)16(19)18-15-6-4-5-7-15/h8-10,13,15H,4-7H2,1-3H3,(H,18,19). The molecule has 0 radical (unpaired) electrons. The fourth-order valence-corrected chi connectivity index (χ4v) is 2.76. The number of esters is 1. The van der Waals surface area contributed by atoms with E-state index in [0.29, 0.717) is 5.56 Å². The second kappa shape index (κ2) is 6.74. The molecule has 1 fully saturated rings. The molecule has 1 aromatic rings. The SMILES string of the molecule is Cc1cc(C)cc(C(=O)OC(C)C(=O)NC2CCCC2)c1. The van der Waals surface area contributed by atoms with Crippen molar-refractivity contribution in [1.29, 1.82) is 0 Å². The van der Waals surface area contributed by atoms with Gasteiger partial charge in [0.25, 0.3) is 5.91 Å². The summed E-state index contributed by atoms with van der Waals surface area (Å²) < 4.78 is 5.27. The highest BCUT2D eigenvalue weighted by Crippen LogP contribution is 2.18. The van der Waals surface area contributed by atoms with E-state index in [4.69, 9.17) is 4.74 Å². The normalized spacial score (nSPS) is 16.5. The summed E-state index contributed by atoms with van der Waals surface area (Å²) in [7, 11) is 0. The summed E-state index contributed by atoms with van der Waals surface area (Å²) in [5.41, 5.74) is 2.50. The number of carbonyl (C=O) groups is 2. The van der Waals surface area contributed by atoms with Crippen molar-refractivity contribution < 1.29 is 14.3 Å². The maximum Gasteiger partial charge on any atom is 0.338 e. The quantitative estimate of drug-likeness (QED) is 0.867. The molecule has 0 spiro atoms. The first kappa shape index (κ1) is 15.5. The summed E-state index contributed by atoms with van der Waals surface area (Å²) in [5, 5.41) is 2.94. The molecule has 0 aromatic heterocycles. The van der Waals surface area contributed by atoms with Crippen molar-refractivity contribution in [3.63, 3.8) is 0 Å². The number of benzene rings is 1. The predicted molar refractivity (Wildman–Crippen MR) is 81.2 cm³/mol. The smallest absolute Gasteiger partial charge is 0.338 e. The van der Waals surface area contributed by atoms with Crippen LogP contribution in [0.15, 0.2) is 18.2 Å². The Kier molecular flexibility index (Phi) is 4.99. The van der Waals surface area contributed by atoms with E-state index in [1.54, 1.807) is 19.1 Å². The molecule has 1 atom stereocenters. The van der Waals surface area contributed by atoms with E-state index in [2.05, 4.69) is 5.32 Å². The number of nitrogens with one attached hydrogen (secondary N) is 1.